The molecule has 9 aromatic carbocycles. The predicted octanol–water partition coefficient (Wildman–Crippen LogP) is 15.0. The number of hydrogen-bond donors (Lipinski definition) is 0. The maximum absolute atomic E-state index is 9.06. The summed E-state index contributed by atoms with van der Waals surface area (Å²) in [4.78, 5) is 8.94. The Morgan fingerprint density at radius 2 is 1.14 bits per heavy atom. The van der Waals surface area contributed by atoms with Gasteiger partial charge in [0, 0.05) is 61.0 Å². The molecule has 63 heavy (non-hydrogen) atoms. The van der Waals surface area contributed by atoms with Crippen LogP contribution < -0.4 is 9.80 Å². The number of nitrogens with zero attached hydrogens (tertiary/aromatic N) is 4. The molecule has 2 aromatic heterocycles. The van der Waals surface area contributed by atoms with Crippen LogP contribution in [-0.2, 0) is 21.1 Å². The molecule has 0 amide bonds. The smallest absolute Gasteiger partial charge is 0.136 e. The summed E-state index contributed by atoms with van der Waals surface area (Å²) in [5, 5.41) is 4.44. The molecule has 4 nitrogen and oxygen atoms in total. The molecule has 3 heterocycles. The fourth-order valence-electron chi connectivity index (χ4n) is 8.94. The minimum atomic E-state index is -0.431. The molecule has 5 heteroatoms. The summed E-state index contributed by atoms with van der Waals surface area (Å²) in [5.41, 5.74) is 11.5. The van der Waals surface area contributed by atoms with Crippen molar-refractivity contribution in [1.82, 2.24) is 9.55 Å². The number of aromatic nitrogens is 2. The Kier molecular flexibility index (Phi) is 8.45. The number of fused-ring (bicyclic) bond motifs is 5. The van der Waals surface area contributed by atoms with Crippen LogP contribution in [0.2, 0.25) is 0 Å². The quantitative estimate of drug-likeness (QED) is 0.149. The van der Waals surface area contributed by atoms with E-state index < -0.39 is 6.04 Å². The van der Waals surface area contributed by atoms with E-state index >= 15 is 0 Å². The Morgan fingerprint density at radius 3 is 1.90 bits per heavy atom. The zero-order valence-corrected chi connectivity index (χ0v) is 35.9. The Balaban J connectivity index is 0.00000507. The van der Waals surface area contributed by atoms with Gasteiger partial charge in [0.1, 0.15) is 5.82 Å². The van der Waals surface area contributed by atoms with Crippen molar-refractivity contribution >= 4 is 55.3 Å². The van der Waals surface area contributed by atoms with E-state index in [-0.39, 0.29) is 50.8 Å². The van der Waals surface area contributed by atoms with Gasteiger partial charge in [-0.2, -0.15) is 0 Å². The van der Waals surface area contributed by atoms with E-state index in [1.54, 1.807) is 0 Å². The molecule has 0 bridgehead atoms. The molecule has 1 aliphatic heterocycles. The number of benzene rings is 9. The Hall–Kier alpha value is -7.52. The molecule has 0 N–H and O–H groups in total. The molecule has 0 aliphatic carbocycles. The normalized spacial score (nSPS) is 13.3. The summed E-state index contributed by atoms with van der Waals surface area (Å²) < 4.78 is 45.9. The molecule has 0 saturated carbocycles. The van der Waals surface area contributed by atoms with Crippen molar-refractivity contribution < 1.29 is 27.9 Å². The van der Waals surface area contributed by atoms with Gasteiger partial charge in [0.15, 0.2) is 0 Å². The number of rotatable bonds is 7. The molecular weight excluding hydrogens is 948 g/mol. The standard InChI is InChI=1S/C58H37N4.Pt/c1-3-17-40(18-4-1)47-26-16-27-48(41-19-5-2-6-20-41)58(47)61-39-60(54-29-11-12-30-55(54)61)46-24-15-23-44(35-46)51-36-42-21-7-8-22-43(42)37-52(51)45-32-33-50-49-25-9-10-28-53(49)62(56(50)38-45)57-31-13-14-34-59-57;/h1-34,36-37,39H;/q-3;/i1D,3D,4D,17D,18D;. The molecule has 0 saturated heterocycles. The van der Waals surface area contributed by atoms with E-state index in [4.69, 9.17) is 11.8 Å². The zero-order valence-electron chi connectivity index (χ0n) is 38.6. The average Bonchev–Trinajstić information content (AvgIpc) is 3.93. The summed E-state index contributed by atoms with van der Waals surface area (Å²) in [5.74, 6) is 0.824. The zero-order chi connectivity index (χ0) is 45.3. The second kappa shape index (κ2) is 16.1. The summed E-state index contributed by atoms with van der Waals surface area (Å²) >= 11 is 0. The van der Waals surface area contributed by atoms with Gasteiger partial charge >= 0.3 is 0 Å². The largest absolute Gasteiger partial charge is 0.488 e. The topological polar surface area (TPSA) is 24.3 Å². The fourth-order valence-corrected chi connectivity index (χ4v) is 8.94. The van der Waals surface area contributed by atoms with E-state index in [9.17, 15) is 0 Å². The van der Waals surface area contributed by atoms with E-state index in [0.29, 0.717) is 11.3 Å². The minimum Gasteiger partial charge on any atom is -0.488 e. The molecule has 0 radical (unpaired) electrons. The van der Waals surface area contributed by atoms with Crippen LogP contribution in [0.25, 0.3) is 82.9 Å². The molecule has 1 aliphatic rings. The van der Waals surface area contributed by atoms with Crippen LogP contribution in [0.4, 0.5) is 22.7 Å². The minimum absolute atomic E-state index is 0. The Labute approximate surface area is 388 Å². The summed E-state index contributed by atoms with van der Waals surface area (Å²) in [6.07, 6.45) is 1.82. The molecule has 0 atom stereocenters. The number of anilines is 4. The van der Waals surface area contributed by atoms with Gasteiger partial charge in [-0.15, -0.1) is 71.4 Å². The predicted molar refractivity (Wildman–Crippen MR) is 257 cm³/mol. The van der Waals surface area contributed by atoms with E-state index in [2.05, 4.69) is 117 Å². The van der Waals surface area contributed by atoms with Crippen LogP contribution in [0, 0.1) is 18.8 Å². The van der Waals surface area contributed by atoms with Gasteiger partial charge in [-0.05, 0) is 63.1 Å². The van der Waals surface area contributed by atoms with Gasteiger partial charge in [-0.1, -0.05) is 163 Å². The molecule has 302 valence electrons. The van der Waals surface area contributed by atoms with Crippen molar-refractivity contribution in [2.45, 2.75) is 0 Å². The second-order valence-corrected chi connectivity index (χ2v) is 15.3. The van der Waals surface area contributed by atoms with Crippen molar-refractivity contribution in [2.75, 3.05) is 9.80 Å². The third kappa shape index (κ3) is 6.63. The van der Waals surface area contributed by atoms with Crippen molar-refractivity contribution in [3.05, 3.63) is 237 Å². The number of para-hydroxylation sites is 4. The van der Waals surface area contributed by atoms with Crippen LogP contribution in [-0.4, -0.2) is 9.55 Å². The molecule has 11 aromatic rings. The van der Waals surface area contributed by atoms with Crippen LogP contribution in [0.5, 0.6) is 0 Å². The first-order chi connectivity index (χ1) is 32.8. The summed E-state index contributed by atoms with van der Waals surface area (Å²) in [6, 6.07) is 67.6. The van der Waals surface area contributed by atoms with Gasteiger partial charge in [0.2, 0.25) is 0 Å². The first-order valence-corrected chi connectivity index (χ1v) is 20.5. The monoisotopic (exact) mass is 989 g/mol. The molecule has 12 rings (SSSR count). The first-order valence-electron chi connectivity index (χ1n) is 23.0. The third-order valence-electron chi connectivity index (χ3n) is 11.7. The number of hydrogen-bond acceptors (Lipinski definition) is 3. The Bertz CT molecular complexity index is 3740. The van der Waals surface area contributed by atoms with Gasteiger partial charge in [-0.3, -0.25) is 0 Å². The summed E-state index contributed by atoms with van der Waals surface area (Å²) in [7, 11) is 0. The van der Waals surface area contributed by atoms with Crippen LogP contribution >= 0.6 is 0 Å². The SMILES string of the molecule is [2H]c1c([2H])c([2H])c(-c2cccc(-c3ccccc3)c2N2[CH-]N(c3[c-]c(-c4cc5ccccc5cc4-c4[c-]c5c(cc4)c4ccccc4n5-c4ccccn4)ccc3)c3ccccc32)c([2H])c1[2H].[Pt]. The second-order valence-electron chi connectivity index (χ2n) is 15.3. The van der Waals surface area contributed by atoms with Crippen molar-refractivity contribution in [1.29, 1.82) is 0 Å². The van der Waals surface area contributed by atoms with Crippen LogP contribution in [0.3, 0.4) is 0 Å². The van der Waals surface area contributed by atoms with Gasteiger partial charge in [0.05, 0.1) is 6.85 Å². The van der Waals surface area contributed by atoms with Gasteiger partial charge in [0.25, 0.3) is 0 Å². The Morgan fingerprint density at radius 1 is 0.492 bits per heavy atom. The van der Waals surface area contributed by atoms with Crippen LogP contribution in [0.15, 0.2) is 218 Å². The van der Waals surface area contributed by atoms with E-state index in [0.717, 1.165) is 88.8 Å². The van der Waals surface area contributed by atoms with E-state index in [1.165, 1.54) is 0 Å². The maximum atomic E-state index is 9.06. The van der Waals surface area contributed by atoms with Crippen molar-refractivity contribution in [3.63, 3.8) is 0 Å². The molecule has 0 spiro atoms. The molecule has 0 unspecified atom stereocenters. The van der Waals surface area contributed by atoms with Gasteiger partial charge in [-0.25, -0.2) is 4.98 Å². The average molecular weight is 990 g/mol. The van der Waals surface area contributed by atoms with E-state index in [1.807, 2.05) is 104 Å². The van der Waals surface area contributed by atoms with Gasteiger partial charge < -0.3 is 14.4 Å². The molecular formula is C58H37N4Pt-3. The summed E-state index contributed by atoms with van der Waals surface area (Å²) in [6.45, 7) is 2.01. The van der Waals surface area contributed by atoms with Crippen molar-refractivity contribution in [3.8, 4) is 50.3 Å². The van der Waals surface area contributed by atoms with Crippen molar-refractivity contribution in [2.24, 2.45) is 0 Å². The molecule has 0 fully saturated rings. The fraction of sp³-hybridized carbons (Fsp3) is 0. The number of pyridine rings is 1. The third-order valence-corrected chi connectivity index (χ3v) is 11.7. The first kappa shape index (κ1) is 33.1. The maximum Gasteiger partial charge on any atom is 0.136 e. The van der Waals surface area contributed by atoms with Crippen LogP contribution in [0.1, 0.15) is 6.85 Å².